The first-order chi connectivity index (χ1) is 13.9. The van der Waals surface area contributed by atoms with Crippen molar-refractivity contribution in [2.24, 2.45) is 0 Å². The van der Waals surface area contributed by atoms with E-state index in [2.05, 4.69) is 15.1 Å². The third-order valence-corrected chi connectivity index (χ3v) is 5.30. The molecule has 29 heavy (non-hydrogen) atoms. The summed E-state index contributed by atoms with van der Waals surface area (Å²) in [5.74, 6) is -0.587. The van der Waals surface area contributed by atoms with E-state index in [0.29, 0.717) is 15.9 Å². The van der Waals surface area contributed by atoms with Gasteiger partial charge in [-0.25, -0.2) is 19.0 Å². The average molecular weight is 414 g/mol. The highest BCUT2D eigenvalue weighted by Crippen LogP contribution is 2.35. The van der Waals surface area contributed by atoms with E-state index in [9.17, 15) is 14.3 Å². The Kier molecular flexibility index (Phi) is 4.89. The molecule has 2 aromatic carbocycles. The van der Waals surface area contributed by atoms with Crippen molar-refractivity contribution in [1.29, 1.82) is 0 Å². The Morgan fingerprint density at radius 1 is 1.24 bits per heavy atom. The molecule has 2 atom stereocenters. The van der Waals surface area contributed by atoms with Crippen molar-refractivity contribution in [1.82, 2.24) is 24.3 Å². The summed E-state index contributed by atoms with van der Waals surface area (Å²) in [7, 11) is 0. The van der Waals surface area contributed by atoms with Gasteiger partial charge in [-0.15, -0.1) is 0 Å². The number of aliphatic hydroxyl groups is 1. The molecular weight excluding hydrogens is 397 g/mol. The zero-order valence-corrected chi connectivity index (χ0v) is 16.2. The van der Waals surface area contributed by atoms with E-state index in [1.807, 2.05) is 0 Å². The number of hydrogen-bond donors (Lipinski definition) is 1. The van der Waals surface area contributed by atoms with Crippen molar-refractivity contribution in [3.05, 3.63) is 88.2 Å². The lowest BCUT2D eigenvalue weighted by Crippen LogP contribution is -2.43. The molecule has 0 radical (unpaired) electrons. The molecule has 0 saturated carbocycles. The SMILES string of the molecule is CC(n1cnc2cc(Cl)ccc2c1=O)C(O)(Cn1cncn1)c1ccccc1F. The number of halogens is 2. The lowest BCUT2D eigenvalue weighted by atomic mass is 9.86. The first kappa shape index (κ1) is 19.2. The van der Waals surface area contributed by atoms with Gasteiger partial charge in [0.05, 0.1) is 29.8 Å². The lowest BCUT2D eigenvalue weighted by Gasteiger charge is -2.35. The first-order valence-electron chi connectivity index (χ1n) is 8.86. The van der Waals surface area contributed by atoms with E-state index in [1.54, 1.807) is 31.2 Å². The molecule has 0 aliphatic rings. The molecule has 9 heteroatoms. The van der Waals surface area contributed by atoms with Crippen LogP contribution >= 0.6 is 11.6 Å². The molecule has 2 heterocycles. The molecule has 0 fully saturated rings. The van der Waals surface area contributed by atoms with Crippen LogP contribution in [0, 0.1) is 5.82 Å². The van der Waals surface area contributed by atoms with Gasteiger partial charge in [-0.05, 0) is 31.2 Å². The van der Waals surface area contributed by atoms with Crippen molar-refractivity contribution < 1.29 is 9.50 Å². The van der Waals surface area contributed by atoms with Crippen molar-refractivity contribution in [3.8, 4) is 0 Å². The summed E-state index contributed by atoms with van der Waals surface area (Å²) >= 11 is 5.98. The Hall–Kier alpha value is -3.10. The van der Waals surface area contributed by atoms with Crippen molar-refractivity contribution in [2.75, 3.05) is 0 Å². The van der Waals surface area contributed by atoms with E-state index < -0.39 is 17.5 Å². The van der Waals surface area contributed by atoms with Crippen LogP contribution in [0.15, 0.2) is 66.2 Å². The van der Waals surface area contributed by atoms with E-state index in [0.717, 1.165) is 0 Å². The van der Waals surface area contributed by atoms with Gasteiger partial charge in [0.2, 0.25) is 0 Å². The average Bonchev–Trinajstić information content (AvgIpc) is 3.20. The fourth-order valence-corrected chi connectivity index (χ4v) is 3.60. The molecule has 0 aliphatic carbocycles. The molecule has 0 bridgehead atoms. The second-order valence-corrected chi connectivity index (χ2v) is 7.23. The number of hydrogen-bond acceptors (Lipinski definition) is 5. The van der Waals surface area contributed by atoms with E-state index in [-0.39, 0.29) is 17.7 Å². The molecule has 2 unspecified atom stereocenters. The molecule has 7 nitrogen and oxygen atoms in total. The number of rotatable bonds is 5. The van der Waals surface area contributed by atoms with Crippen LogP contribution in [0.2, 0.25) is 5.02 Å². The quantitative estimate of drug-likeness (QED) is 0.543. The van der Waals surface area contributed by atoms with Crippen LogP contribution < -0.4 is 5.56 Å². The smallest absolute Gasteiger partial charge is 0.261 e. The Labute approximate surface area is 170 Å². The zero-order valence-electron chi connectivity index (χ0n) is 15.4. The second kappa shape index (κ2) is 7.38. The minimum Gasteiger partial charge on any atom is -0.381 e. The molecule has 1 N–H and O–H groups in total. The highest BCUT2D eigenvalue weighted by atomic mass is 35.5. The highest BCUT2D eigenvalue weighted by molar-refractivity contribution is 6.31. The molecule has 2 aromatic heterocycles. The molecule has 0 saturated heterocycles. The molecule has 0 amide bonds. The van der Waals surface area contributed by atoms with E-state index in [1.165, 1.54) is 46.4 Å². The summed E-state index contributed by atoms with van der Waals surface area (Å²) in [5.41, 5.74) is -1.68. The van der Waals surface area contributed by atoms with Gasteiger partial charge >= 0.3 is 0 Å². The third kappa shape index (κ3) is 3.41. The van der Waals surface area contributed by atoms with Gasteiger partial charge in [0.1, 0.15) is 24.1 Å². The number of aromatic nitrogens is 5. The van der Waals surface area contributed by atoms with Gasteiger partial charge in [0, 0.05) is 10.6 Å². The van der Waals surface area contributed by atoms with Gasteiger partial charge in [0.25, 0.3) is 5.56 Å². The fraction of sp³-hybridized carbons (Fsp3) is 0.200. The van der Waals surface area contributed by atoms with Gasteiger partial charge in [-0.1, -0.05) is 29.8 Å². The highest BCUT2D eigenvalue weighted by Gasteiger charge is 2.40. The van der Waals surface area contributed by atoms with Crippen LogP contribution in [0.25, 0.3) is 10.9 Å². The molecule has 0 spiro atoms. The van der Waals surface area contributed by atoms with Gasteiger partial charge < -0.3 is 5.11 Å². The van der Waals surface area contributed by atoms with E-state index >= 15 is 0 Å². The minimum absolute atomic E-state index is 0.0473. The number of nitrogens with zero attached hydrogens (tertiary/aromatic N) is 5. The fourth-order valence-electron chi connectivity index (χ4n) is 3.43. The summed E-state index contributed by atoms with van der Waals surface area (Å²) in [6, 6.07) is 9.80. The Balaban J connectivity index is 1.88. The van der Waals surface area contributed by atoms with Crippen molar-refractivity contribution in [3.63, 3.8) is 0 Å². The maximum Gasteiger partial charge on any atom is 0.261 e. The van der Waals surface area contributed by atoms with Crippen molar-refractivity contribution >= 4 is 22.5 Å². The normalized spacial score (nSPS) is 14.6. The molecule has 4 rings (SSSR count). The van der Waals surface area contributed by atoms with Crippen LogP contribution in [0.3, 0.4) is 0 Å². The topological polar surface area (TPSA) is 85.8 Å². The van der Waals surface area contributed by atoms with Crippen LogP contribution in [-0.4, -0.2) is 29.4 Å². The first-order valence-corrected chi connectivity index (χ1v) is 9.24. The predicted octanol–water partition coefficient (Wildman–Crippen LogP) is 2.93. The van der Waals surface area contributed by atoms with Crippen LogP contribution in [-0.2, 0) is 12.1 Å². The van der Waals surface area contributed by atoms with Crippen LogP contribution in [0.1, 0.15) is 18.5 Å². The summed E-state index contributed by atoms with van der Waals surface area (Å²) in [6.45, 7) is 1.52. The van der Waals surface area contributed by atoms with Gasteiger partial charge in [0.15, 0.2) is 0 Å². The monoisotopic (exact) mass is 413 g/mol. The lowest BCUT2D eigenvalue weighted by molar-refractivity contribution is -0.0342. The summed E-state index contributed by atoms with van der Waals surface area (Å²) < 4.78 is 17.3. The second-order valence-electron chi connectivity index (χ2n) is 6.79. The summed E-state index contributed by atoms with van der Waals surface area (Å²) in [4.78, 5) is 21.3. The Morgan fingerprint density at radius 3 is 2.76 bits per heavy atom. The Morgan fingerprint density at radius 2 is 2.03 bits per heavy atom. The van der Waals surface area contributed by atoms with Gasteiger partial charge in [-0.3, -0.25) is 9.36 Å². The zero-order chi connectivity index (χ0) is 20.6. The van der Waals surface area contributed by atoms with Gasteiger partial charge in [-0.2, -0.15) is 5.10 Å². The van der Waals surface area contributed by atoms with Crippen LogP contribution in [0.5, 0.6) is 0 Å². The molecule has 4 aromatic rings. The largest absolute Gasteiger partial charge is 0.381 e. The molecule has 148 valence electrons. The number of fused-ring (bicyclic) bond motifs is 1. The molecule has 0 aliphatic heterocycles. The summed E-state index contributed by atoms with van der Waals surface area (Å²) in [5, 5.41) is 16.5. The third-order valence-electron chi connectivity index (χ3n) is 5.06. The number of benzene rings is 2. The minimum atomic E-state index is -1.80. The maximum absolute atomic E-state index is 14.7. The summed E-state index contributed by atoms with van der Waals surface area (Å²) in [6.07, 6.45) is 4.07. The predicted molar refractivity (Wildman–Crippen MR) is 106 cm³/mol. The standard InChI is InChI=1S/C20H17ClFN5O2/c1-13(27-12-24-18-8-14(21)6-7-15(18)19(27)28)20(29,9-26-11-23-10-25-26)16-4-2-3-5-17(16)22/h2-8,10-13,29H,9H2,1H3. The Bertz CT molecular complexity index is 1230. The molecular formula is C20H17ClFN5O2. The van der Waals surface area contributed by atoms with E-state index in [4.69, 9.17) is 11.6 Å². The van der Waals surface area contributed by atoms with Crippen LogP contribution in [0.4, 0.5) is 4.39 Å². The maximum atomic E-state index is 14.7. The van der Waals surface area contributed by atoms with Crippen molar-refractivity contribution in [2.45, 2.75) is 25.1 Å².